The van der Waals surface area contributed by atoms with Crippen molar-refractivity contribution in [3.05, 3.63) is 65.7 Å². The molecule has 0 radical (unpaired) electrons. The number of nitrogens with zero attached hydrogens (tertiary/aromatic N) is 2. The molecule has 4 saturated carbocycles. The van der Waals surface area contributed by atoms with E-state index < -0.39 is 22.0 Å². The maximum absolute atomic E-state index is 13.9. The molecule has 1 unspecified atom stereocenters. The maximum atomic E-state index is 13.9. The normalized spacial score (nSPS) is 25.2. The third-order valence-corrected chi connectivity index (χ3v) is 11.0. The third-order valence-electron chi connectivity index (χ3n) is 9.90. The quantitative estimate of drug-likeness (QED) is 0.305. The number of amides is 2. The van der Waals surface area contributed by atoms with Crippen LogP contribution in [0.25, 0.3) is 0 Å². The second-order valence-electron chi connectivity index (χ2n) is 13.1. The first kappa shape index (κ1) is 30.6. The Hall–Kier alpha value is -2.87. The number of hydrogen-bond acceptors (Lipinski definition) is 4. The van der Waals surface area contributed by atoms with Gasteiger partial charge in [0.05, 0.1) is 11.9 Å². The van der Waals surface area contributed by atoms with Crippen molar-refractivity contribution < 1.29 is 18.0 Å². The summed E-state index contributed by atoms with van der Waals surface area (Å²) in [7, 11) is -3.76. The zero-order valence-electron chi connectivity index (χ0n) is 25.4. The van der Waals surface area contributed by atoms with Gasteiger partial charge in [-0.25, -0.2) is 8.42 Å². The van der Waals surface area contributed by atoms with Crippen molar-refractivity contribution in [2.45, 2.75) is 89.6 Å². The molecular formula is C34H47N3O4S. The zero-order chi connectivity index (χ0) is 29.9. The van der Waals surface area contributed by atoms with Gasteiger partial charge in [0.15, 0.2) is 0 Å². The zero-order valence-corrected chi connectivity index (χ0v) is 26.2. The van der Waals surface area contributed by atoms with E-state index >= 15 is 0 Å². The molecule has 0 saturated heterocycles. The van der Waals surface area contributed by atoms with Crippen LogP contribution in [0.15, 0.2) is 54.6 Å². The number of nitrogens with one attached hydrogen (secondary N) is 1. The van der Waals surface area contributed by atoms with E-state index in [1.54, 1.807) is 4.90 Å². The Bertz CT molecular complexity index is 1310. The molecule has 0 heterocycles. The lowest BCUT2D eigenvalue weighted by atomic mass is 9.48. The van der Waals surface area contributed by atoms with Gasteiger partial charge in [-0.1, -0.05) is 62.7 Å². The smallest absolute Gasteiger partial charge is 0.244 e. The highest BCUT2D eigenvalue weighted by Crippen LogP contribution is 2.60. The molecule has 2 aromatic rings. The average Bonchev–Trinajstić information content (AvgIpc) is 2.95. The molecule has 0 spiro atoms. The van der Waals surface area contributed by atoms with Gasteiger partial charge in [-0.15, -0.1) is 0 Å². The topological polar surface area (TPSA) is 86.8 Å². The van der Waals surface area contributed by atoms with Gasteiger partial charge in [0.1, 0.15) is 12.6 Å². The summed E-state index contributed by atoms with van der Waals surface area (Å²) in [6.07, 6.45) is 11.2. The molecule has 0 aromatic heterocycles. The summed E-state index contributed by atoms with van der Waals surface area (Å²) in [6.45, 7) is 4.35. The van der Waals surface area contributed by atoms with Crippen molar-refractivity contribution in [2.24, 2.45) is 17.8 Å². The van der Waals surface area contributed by atoms with E-state index in [2.05, 4.69) is 24.4 Å². The molecule has 4 bridgehead atoms. The predicted octanol–water partition coefficient (Wildman–Crippen LogP) is 5.64. The fraction of sp³-hybridized carbons (Fsp3) is 0.588. The first-order valence-electron chi connectivity index (χ1n) is 15.8. The number of sulfonamides is 1. The average molecular weight is 594 g/mol. The van der Waals surface area contributed by atoms with Crippen LogP contribution in [-0.4, -0.2) is 50.5 Å². The fourth-order valence-electron chi connectivity index (χ4n) is 8.26. The summed E-state index contributed by atoms with van der Waals surface area (Å²) in [5, 5.41) is 2.97. The second-order valence-corrected chi connectivity index (χ2v) is 15.0. The summed E-state index contributed by atoms with van der Waals surface area (Å²) in [5.74, 6) is 1.86. The number of unbranched alkanes of at least 4 members (excludes halogenated alkanes) is 1. The molecule has 42 heavy (non-hydrogen) atoms. The number of rotatable bonds is 13. The first-order chi connectivity index (χ1) is 20.1. The van der Waals surface area contributed by atoms with Crippen LogP contribution in [0.4, 0.5) is 5.69 Å². The van der Waals surface area contributed by atoms with Gasteiger partial charge in [0, 0.05) is 13.1 Å². The predicted molar refractivity (Wildman–Crippen MR) is 167 cm³/mol. The molecule has 228 valence electrons. The summed E-state index contributed by atoms with van der Waals surface area (Å²) >= 11 is 0. The molecule has 4 aliphatic carbocycles. The number of hydrogen-bond donors (Lipinski definition) is 1. The molecule has 8 heteroatoms. The van der Waals surface area contributed by atoms with Crippen molar-refractivity contribution in [1.29, 1.82) is 0 Å². The number of benzene rings is 2. The van der Waals surface area contributed by atoms with E-state index in [1.807, 2.05) is 49.4 Å². The lowest BCUT2D eigenvalue weighted by Gasteiger charge is -2.57. The number of anilines is 1. The van der Waals surface area contributed by atoms with Crippen LogP contribution >= 0.6 is 0 Å². The van der Waals surface area contributed by atoms with Crippen LogP contribution in [0.2, 0.25) is 0 Å². The van der Waals surface area contributed by atoms with E-state index in [1.165, 1.54) is 48.4 Å². The van der Waals surface area contributed by atoms with Crippen LogP contribution in [0.3, 0.4) is 0 Å². The minimum atomic E-state index is -3.76. The Morgan fingerprint density at radius 2 is 1.52 bits per heavy atom. The summed E-state index contributed by atoms with van der Waals surface area (Å²) in [6, 6.07) is 16.8. The van der Waals surface area contributed by atoms with Gasteiger partial charge in [0.2, 0.25) is 21.8 Å². The third kappa shape index (κ3) is 6.69. The highest BCUT2D eigenvalue weighted by Gasteiger charge is 2.51. The van der Waals surface area contributed by atoms with Crippen molar-refractivity contribution in [3.8, 4) is 0 Å². The molecule has 4 aliphatic rings. The Labute approximate surface area is 252 Å². The van der Waals surface area contributed by atoms with Crippen molar-refractivity contribution in [2.75, 3.05) is 23.7 Å². The van der Waals surface area contributed by atoms with Crippen molar-refractivity contribution >= 4 is 27.5 Å². The Kier molecular flexibility index (Phi) is 9.31. The van der Waals surface area contributed by atoms with Crippen LogP contribution < -0.4 is 9.62 Å². The molecule has 7 nitrogen and oxygen atoms in total. The molecule has 1 N–H and O–H groups in total. The molecule has 0 aliphatic heterocycles. The molecule has 2 aromatic carbocycles. The number of carbonyl (C=O) groups is 2. The Morgan fingerprint density at radius 1 is 0.929 bits per heavy atom. The monoisotopic (exact) mass is 593 g/mol. The van der Waals surface area contributed by atoms with Gasteiger partial charge in [-0.3, -0.25) is 13.9 Å². The van der Waals surface area contributed by atoms with E-state index in [9.17, 15) is 18.0 Å². The van der Waals surface area contributed by atoms with Crippen LogP contribution in [0, 0.1) is 17.8 Å². The number of carbonyl (C=O) groups excluding carboxylic acids is 2. The van der Waals surface area contributed by atoms with Gasteiger partial charge < -0.3 is 10.2 Å². The second kappa shape index (κ2) is 12.8. The Balaban J connectivity index is 1.38. The molecular weight excluding hydrogens is 546 g/mol. The maximum Gasteiger partial charge on any atom is 0.244 e. The van der Waals surface area contributed by atoms with E-state index in [0.717, 1.165) is 42.4 Å². The summed E-state index contributed by atoms with van der Waals surface area (Å²) in [4.78, 5) is 28.7. The minimum Gasteiger partial charge on any atom is -0.354 e. The van der Waals surface area contributed by atoms with Gasteiger partial charge in [-0.2, -0.15) is 0 Å². The van der Waals surface area contributed by atoms with Crippen molar-refractivity contribution in [3.63, 3.8) is 0 Å². The molecule has 6 rings (SSSR count). The molecule has 4 fully saturated rings. The van der Waals surface area contributed by atoms with Crippen LogP contribution in [0.1, 0.15) is 82.8 Å². The summed E-state index contributed by atoms with van der Waals surface area (Å²) < 4.78 is 27.4. The first-order valence-corrected chi connectivity index (χ1v) is 17.7. The molecule has 2 amide bonds. The van der Waals surface area contributed by atoms with Crippen LogP contribution in [-0.2, 0) is 31.6 Å². The van der Waals surface area contributed by atoms with E-state index in [4.69, 9.17) is 0 Å². The van der Waals surface area contributed by atoms with E-state index in [-0.39, 0.29) is 24.4 Å². The van der Waals surface area contributed by atoms with Gasteiger partial charge in [-0.05, 0) is 97.8 Å². The highest BCUT2D eigenvalue weighted by molar-refractivity contribution is 7.92. The van der Waals surface area contributed by atoms with Gasteiger partial charge >= 0.3 is 0 Å². The standard InChI is InChI=1S/C34H47N3O4S/c1-4-6-16-35-33(39)31(5-2)36(23-25-10-8-7-9-11-25)32(38)24-37(42(3,40)41)30-14-12-29(13-15-30)34-20-26-17-27(21-34)19-28(18-26)22-34/h7-15,26-28,31H,4-6,16-24H2,1-3H3,(H,35,39). The van der Waals surface area contributed by atoms with Crippen molar-refractivity contribution in [1.82, 2.24) is 10.2 Å². The van der Waals surface area contributed by atoms with Gasteiger partial charge in [0.25, 0.3) is 0 Å². The lowest BCUT2D eigenvalue weighted by molar-refractivity contribution is -0.140. The fourth-order valence-corrected chi connectivity index (χ4v) is 9.11. The Morgan fingerprint density at radius 3 is 2.05 bits per heavy atom. The van der Waals surface area contributed by atoms with Crippen LogP contribution in [0.5, 0.6) is 0 Å². The minimum absolute atomic E-state index is 0.207. The summed E-state index contributed by atoms with van der Waals surface area (Å²) in [5.41, 5.74) is 2.90. The lowest BCUT2D eigenvalue weighted by Crippen LogP contribution is -2.52. The highest BCUT2D eigenvalue weighted by atomic mass is 32.2. The van der Waals surface area contributed by atoms with E-state index in [0.29, 0.717) is 18.7 Å². The SMILES string of the molecule is CCCCNC(=O)C(CC)N(Cc1ccccc1)C(=O)CN(c1ccc(C23CC4CC(CC(C4)C2)C3)cc1)S(C)(=O)=O. The molecule has 1 atom stereocenters. The largest absolute Gasteiger partial charge is 0.354 e.